The third-order valence-corrected chi connectivity index (χ3v) is 3.25. The fraction of sp³-hybridized carbons (Fsp3) is 0.778. The van der Waals surface area contributed by atoms with Crippen LogP contribution in [0.5, 0.6) is 0 Å². The molecule has 0 aliphatic carbocycles. The van der Waals surface area contributed by atoms with E-state index in [1.54, 1.807) is 0 Å². The molecule has 6 nitrogen and oxygen atoms in total. The second-order valence-electron chi connectivity index (χ2n) is 3.48. The summed E-state index contributed by atoms with van der Waals surface area (Å²) in [5.41, 5.74) is 5.29. The van der Waals surface area contributed by atoms with Crippen LogP contribution in [0.4, 0.5) is 4.79 Å². The van der Waals surface area contributed by atoms with Crippen molar-refractivity contribution in [3.63, 3.8) is 0 Å². The van der Waals surface area contributed by atoms with E-state index in [-0.39, 0.29) is 18.2 Å². The molecule has 1 amide bonds. The summed E-state index contributed by atoms with van der Waals surface area (Å²) in [5, 5.41) is 9.21. The number of β-amino-alcohol motifs (C(OH)–C–C–N with tert-alkyl or cyclic N) is 1. The number of nitrogens with zero attached hydrogens (tertiary/aromatic N) is 1. The molecule has 1 rings (SSSR count). The molecule has 1 saturated heterocycles. The third kappa shape index (κ3) is 3.10. The number of rotatable bonds is 3. The summed E-state index contributed by atoms with van der Waals surface area (Å²) in [7, 11) is 1.27. The Morgan fingerprint density at radius 1 is 1.62 bits per heavy atom. The zero-order valence-electron chi connectivity index (χ0n) is 9.09. The van der Waals surface area contributed by atoms with E-state index in [1.807, 2.05) is 0 Å². The van der Waals surface area contributed by atoms with Crippen molar-refractivity contribution in [3.8, 4) is 0 Å². The van der Waals surface area contributed by atoms with E-state index in [2.05, 4.69) is 4.74 Å². The highest BCUT2D eigenvalue weighted by Gasteiger charge is 2.39. The first-order valence-corrected chi connectivity index (χ1v) is 5.98. The van der Waals surface area contributed by atoms with Gasteiger partial charge in [-0.05, 0) is 0 Å². The van der Waals surface area contributed by atoms with Crippen LogP contribution in [0.2, 0.25) is 0 Å². The van der Waals surface area contributed by atoms with Crippen LogP contribution in [0.3, 0.4) is 0 Å². The van der Waals surface area contributed by atoms with E-state index in [1.165, 1.54) is 12.0 Å². The number of hydrogen-bond donors (Lipinski definition) is 2. The molecule has 0 saturated carbocycles. The van der Waals surface area contributed by atoms with Crippen molar-refractivity contribution >= 4 is 23.0 Å². The van der Waals surface area contributed by atoms with Crippen LogP contribution < -0.4 is 5.73 Å². The van der Waals surface area contributed by atoms with Crippen LogP contribution in [-0.4, -0.2) is 59.3 Å². The fourth-order valence-corrected chi connectivity index (χ4v) is 2.26. The average Bonchev–Trinajstić information content (AvgIpc) is 2.67. The van der Waals surface area contributed by atoms with E-state index in [0.29, 0.717) is 12.3 Å². The Labute approximate surface area is 98.1 Å². The van der Waals surface area contributed by atoms with Crippen molar-refractivity contribution in [1.82, 2.24) is 4.90 Å². The predicted molar refractivity (Wildman–Crippen MR) is 60.0 cm³/mol. The largest absolute Gasteiger partial charge is 0.467 e. The number of carbonyl (C=O) groups is 2. The van der Waals surface area contributed by atoms with Crippen LogP contribution in [0, 0.1) is 0 Å². The van der Waals surface area contributed by atoms with Gasteiger partial charge in [-0.15, -0.1) is 0 Å². The predicted octanol–water partition coefficient (Wildman–Crippen LogP) is -0.593. The lowest BCUT2D eigenvalue weighted by Gasteiger charge is -2.21. The first-order chi connectivity index (χ1) is 7.60. The molecule has 2 atom stereocenters. The molecule has 16 heavy (non-hydrogen) atoms. The summed E-state index contributed by atoms with van der Waals surface area (Å²) in [6, 6.07) is -0.669. The number of thioether (sulfide) groups is 1. The second kappa shape index (κ2) is 6.07. The number of hydrogen-bond acceptors (Lipinski definition) is 6. The minimum Gasteiger partial charge on any atom is -0.467 e. The third-order valence-electron chi connectivity index (χ3n) is 2.33. The molecular weight excluding hydrogens is 232 g/mol. The van der Waals surface area contributed by atoms with Gasteiger partial charge < -0.3 is 20.5 Å². The Hall–Kier alpha value is -0.790. The SMILES string of the molecule is COC(=O)[C@@H]1C[C@H](O)CN1C(=O)SCCN. The topological polar surface area (TPSA) is 92.9 Å². The first kappa shape index (κ1) is 13.3. The molecular formula is C9H16N2O4S. The summed E-state index contributed by atoms with van der Waals surface area (Å²) in [6.45, 7) is 0.575. The van der Waals surface area contributed by atoms with Crippen molar-refractivity contribution in [2.45, 2.75) is 18.6 Å². The monoisotopic (exact) mass is 248 g/mol. The van der Waals surface area contributed by atoms with E-state index < -0.39 is 18.1 Å². The molecule has 0 aromatic rings. The highest BCUT2D eigenvalue weighted by Crippen LogP contribution is 2.23. The number of likely N-dealkylation sites (tertiary alicyclic amines) is 1. The summed E-state index contributed by atoms with van der Waals surface area (Å²) < 4.78 is 4.59. The van der Waals surface area contributed by atoms with Crippen molar-refractivity contribution in [2.75, 3.05) is 26.0 Å². The zero-order chi connectivity index (χ0) is 12.1. The Morgan fingerprint density at radius 2 is 2.31 bits per heavy atom. The number of carbonyl (C=O) groups excluding carboxylic acids is 2. The highest BCUT2D eigenvalue weighted by molar-refractivity contribution is 8.13. The summed E-state index contributed by atoms with van der Waals surface area (Å²) in [5.74, 6) is 0.0116. The summed E-state index contributed by atoms with van der Waals surface area (Å²) >= 11 is 1.05. The molecule has 0 spiro atoms. The maximum Gasteiger partial charge on any atom is 0.328 e. The van der Waals surface area contributed by atoms with Crippen LogP contribution in [0.1, 0.15) is 6.42 Å². The van der Waals surface area contributed by atoms with Gasteiger partial charge >= 0.3 is 5.97 Å². The van der Waals surface area contributed by atoms with Gasteiger partial charge in [-0.3, -0.25) is 4.79 Å². The maximum atomic E-state index is 11.7. The molecule has 0 unspecified atom stereocenters. The van der Waals surface area contributed by atoms with Crippen molar-refractivity contribution in [3.05, 3.63) is 0 Å². The molecule has 3 N–H and O–H groups in total. The number of amides is 1. The Bertz CT molecular complexity index is 274. The van der Waals surface area contributed by atoms with E-state index in [9.17, 15) is 14.7 Å². The number of aliphatic hydroxyl groups excluding tert-OH is 1. The van der Waals surface area contributed by atoms with Crippen LogP contribution in [-0.2, 0) is 9.53 Å². The maximum absolute atomic E-state index is 11.7. The van der Waals surface area contributed by atoms with Crippen molar-refractivity contribution in [1.29, 1.82) is 0 Å². The van der Waals surface area contributed by atoms with Crippen molar-refractivity contribution in [2.24, 2.45) is 5.73 Å². The quantitative estimate of drug-likeness (QED) is 0.648. The van der Waals surface area contributed by atoms with Gasteiger partial charge in [0.05, 0.1) is 13.2 Å². The molecule has 7 heteroatoms. The van der Waals surface area contributed by atoms with Gasteiger partial charge in [0.2, 0.25) is 0 Å². The Kier molecular flexibility index (Phi) is 5.04. The molecule has 0 aromatic carbocycles. The molecule has 92 valence electrons. The first-order valence-electron chi connectivity index (χ1n) is 4.99. The fourth-order valence-electron chi connectivity index (χ4n) is 1.60. The highest BCUT2D eigenvalue weighted by atomic mass is 32.2. The molecule has 0 bridgehead atoms. The lowest BCUT2D eigenvalue weighted by atomic mass is 10.2. The minimum atomic E-state index is -0.669. The molecule has 0 radical (unpaired) electrons. The Balaban J connectivity index is 2.61. The number of aliphatic hydroxyl groups is 1. The van der Waals surface area contributed by atoms with Gasteiger partial charge in [-0.1, -0.05) is 11.8 Å². The second-order valence-corrected chi connectivity index (χ2v) is 4.53. The van der Waals surface area contributed by atoms with Gasteiger partial charge in [0.25, 0.3) is 5.24 Å². The number of ether oxygens (including phenoxy) is 1. The van der Waals surface area contributed by atoms with Crippen LogP contribution in [0.25, 0.3) is 0 Å². The number of nitrogens with two attached hydrogens (primary N) is 1. The molecule has 1 aliphatic heterocycles. The molecule has 0 aromatic heterocycles. The Morgan fingerprint density at radius 3 is 2.88 bits per heavy atom. The van der Waals surface area contributed by atoms with Gasteiger partial charge in [0.15, 0.2) is 0 Å². The van der Waals surface area contributed by atoms with Gasteiger partial charge in [-0.2, -0.15) is 0 Å². The standard InChI is InChI=1S/C9H16N2O4S/c1-15-8(13)7-4-6(12)5-11(7)9(14)16-3-2-10/h6-7,12H,2-5,10H2,1H3/t6-,7-/m0/s1. The lowest BCUT2D eigenvalue weighted by Crippen LogP contribution is -2.39. The van der Waals surface area contributed by atoms with Crippen LogP contribution >= 0.6 is 11.8 Å². The van der Waals surface area contributed by atoms with Crippen LogP contribution in [0.15, 0.2) is 0 Å². The summed E-state index contributed by atoms with van der Waals surface area (Å²) in [6.07, 6.45) is -0.423. The van der Waals surface area contributed by atoms with Gasteiger partial charge in [0, 0.05) is 25.3 Å². The molecule has 1 aliphatic rings. The van der Waals surface area contributed by atoms with E-state index >= 15 is 0 Å². The molecule has 1 heterocycles. The van der Waals surface area contributed by atoms with Gasteiger partial charge in [0.1, 0.15) is 6.04 Å². The van der Waals surface area contributed by atoms with Crippen molar-refractivity contribution < 1.29 is 19.4 Å². The smallest absolute Gasteiger partial charge is 0.328 e. The number of esters is 1. The van der Waals surface area contributed by atoms with E-state index in [4.69, 9.17) is 5.73 Å². The molecule has 1 fully saturated rings. The minimum absolute atomic E-state index is 0.177. The zero-order valence-corrected chi connectivity index (χ0v) is 9.90. The summed E-state index contributed by atoms with van der Waals surface area (Å²) in [4.78, 5) is 24.4. The normalized spacial score (nSPS) is 24.6. The lowest BCUT2D eigenvalue weighted by molar-refractivity contribution is -0.144. The van der Waals surface area contributed by atoms with Gasteiger partial charge in [-0.25, -0.2) is 4.79 Å². The van der Waals surface area contributed by atoms with E-state index in [0.717, 1.165) is 11.8 Å². The average molecular weight is 248 g/mol. The number of methoxy groups -OCH3 is 1.